The summed E-state index contributed by atoms with van der Waals surface area (Å²) in [5.74, 6) is -1.64. The van der Waals surface area contributed by atoms with E-state index in [4.69, 9.17) is 4.74 Å². The first-order chi connectivity index (χ1) is 11.1. The molecule has 1 fully saturated rings. The minimum absolute atomic E-state index is 0.178. The first-order valence-electron chi connectivity index (χ1n) is 7.35. The molecule has 1 N–H and O–H groups in total. The third-order valence-electron chi connectivity index (χ3n) is 4.07. The van der Waals surface area contributed by atoms with Crippen LogP contribution in [0.25, 0.3) is 0 Å². The van der Waals surface area contributed by atoms with Gasteiger partial charge in [-0.1, -0.05) is 30.3 Å². The van der Waals surface area contributed by atoms with Gasteiger partial charge in [0.25, 0.3) is 0 Å². The Hall–Kier alpha value is -2.34. The maximum atomic E-state index is 12.2. The standard InChI is InChI=1S/C17H17NO4S/c19-16(20)15-9-18(8-14(15)13-6-7-23-11-13)17(21)22-10-12-4-2-1-3-5-12/h1-7,11,14-15H,8-10H2,(H,19,20). The quantitative estimate of drug-likeness (QED) is 0.934. The Kier molecular flexibility index (Phi) is 4.62. The van der Waals surface area contributed by atoms with Crippen molar-refractivity contribution in [2.45, 2.75) is 12.5 Å². The van der Waals surface area contributed by atoms with Gasteiger partial charge in [0, 0.05) is 19.0 Å². The molecule has 0 bridgehead atoms. The highest BCUT2D eigenvalue weighted by atomic mass is 32.1. The Morgan fingerprint density at radius 2 is 2.00 bits per heavy atom. The molecule has 1 saturated heterocycles. The summed E-state index contributed by atoms with van der Waals surface area (Å²) in [6.45, 7) is 0.752. The van der Waals surface area contributed by atoms with Crippen LogP contribution in [0.5, 0.6) is 0 Å². The maximum absolute atomic E-state index is 12.2. The van der Waals surface area contributed by atoms with Gasteiger partial charge in [-0.05, 0) is 28.0 Å². The van der Waals surface area contributed by atoms with Crippen molar-refractivity contribution in [3.05, 3.63) is 58.3 Å². The number of hydrogen-bond donors (Lipinski definition) is 1. The number of thiophene rings is 1. The minimum atomic E-state index is -0.875. The predicted octanol–water partition coefficient (Wildman–Crippen LogP) is 3.18. The van der Waals surface area contributed by atoms with Crippen molar-refractivity contribution in [1.82, 2.24) is 4.90 Å². The Morgan fingerprint density at radius 1 is 1.22 bits per heavy atom. The number of carbonyl (C=O) groups is 2. The van der Waals surface area contributed by atoms with Gasteiger partial charge in [-0.2, -0.15) is 11.3 Å². The number of rotatable bonds is 4. The Balaban J connectivity index is 1.64. The van der Waals surface area contributed by atoms with Crippen molar-refractivity contribution in [3.63, 3.8) is 0 Å². The van der Waals surface area contributed by atoms with E-state index in [0.717, 1.165) is 11.1 Å². The van der Waals surface area contributed by atoms with Crippen molar-refractivity contribution in [2.24, 2.45) is 5.92 Å². The highest BCUT2D eigenvalue weighted by molar-refractivity contribution is 7.08. The van der Waals surface area contributed by atoms with Gasteiger partial charge in [-0.25, -0.2) is 4.79 Å². The van der Waals surface area contributed by atoms with Crippen molar-refractivity contribution >= 4 is 23.4 Å². The number of carboxylic acids is 1. The van der Waals surface area contributed by atoms with Gasteiger partial charge in [0.2, 0.25) is 0 Å². The molecule has 23 heavy (non-hydrogen) atoms. The monoisotopic (exact) mass is 331 g/mol. The van der Waals surface area contributed by atoms with Gasteiger partial charge in [0.1, 0.15) is 6.61 Å². The van der Waals surface area contributed by atoms with Crippen LogP contribution in [0.1, 0.15) is 17.0 Å². The van der Waals surface area contributed by atoms with Crippen molar-refractivity contribution in [2.75, 3.05) is 13.1 Å². The Bertz CT molecular complexity index is 671. The Labute approximate surface area is 138 Å². The molecule has 3 rings (SSSR count). The van der Waals surface area contributed by atoms with E-state index in [9.17, 15) is 14.7 Å². The first kappa shape index (κ1) is 15.6. The smallest absolute Gasteiger partial charge is 0.410 e. The molecule has 2 atom stereocenters. The van der Waals surface area contributed by atoms with E-state index < -0.39 is 18.0 Å². The van der Waals surface area contributed by atoms with Crippen molar-refractivity contribution in [1.29, 1.82) is 0 Å². The van der Waals surface area contributed by atoms with Crippen LogP contribution in [-0.2, 0) is 16.1 Å². The number of aliphatic carboxylic acids is 1. The average Bonchev–Trinajstić information content (AvgIpc) is 3.22. The fourth-order valence-corrected chi connectivity index (χ4v) is 3.56. The van der Waals surface area contributed by atoms with E-state index in [2.05, 4.69) is 0 Å². The van der Waals surface area contributed by atoms with Crippen LogP contribution in [0.15, 0.2) is 47.2 Å². The summed E-state index contributed by atoms with van der Waals surface area (Å²) in [4.78, 5) is 25.2. The largest absolute Gasteiger partial charge is 0.481 e. The summed E-state index contributed by atoms with van der Waals surface area (Å²) < 4.78 is 5.30. The van der Waals surface area contributed by atoms with Gasteiger partial charge in [-0.3, -0.25) is 4.79 Å². The highest BCUT2D eigenvalue weighted by Crippen LogP contribution is 2.34. The number of carbonyl (C=O) groups excluding carboxylic acids is 1. The van der Waals surface area contributed by atoms with E-state index in [-0.39, 0.29) is 19.1 Å². The fourth-order valence-electron chi connectivity index (χ4n) is 2.84. The number of ether oxygens (including phenoxy) is 1. The second-order valence-electron chi connectivity index (χ2n) is 5.55. The fraction of sp³-hybridized carbons (Fsp3) is 0.294. The third kappa shape index (κ3) is 3.53. The zero-order valence-corrected chi connectivity index (χ0v) is 13.2. The zero-order valence-electron chi connectivity index (χ0n) is 12.4. The van der Waals surface area contributed by atoms with Gasteiger partial charge in [0.05, 0.1) is 5.92 Å². The van der Waals surface area contributed by atoms with Crippen LogP contribution >= 0.6 is 11.3 Å². The van der Waals surface area contributed by atoms with Crippen LogP contribution in [0.2, 0.25) is 0 Å². The summed E-state index contributed by atoms with van der Waals surface area (Å²) in [5.41, 5.74) is 1.88. The minimum Gasteiger partial charge on any atom is -0.481 e. The Morgan fingerprint density at radius 3 is 2.65 bits per heavy atom. The lowest BCUT2D eigenvalue weighted by molar-refractivity contribution is -0.141. The second-order valence-corrected chi connectivity index (χ2v) is 6.33. The maximum Gasteiger partial charge on any atom is 0.410 e. The van der Waals surface area contributed by atoms with Gasteiger partial charge >= 0.3 is 12.1 Å². The second kappa shape index (κ2) is 6.83. The average molecular weight is 331 g/mol. The summed E-state index contributed by atoms with van der Waals surface area (Å²) >= 11 is 1.53. The third-order valence-corrected chi connectivity index (χ3v) is 4.77. The van der Waals surface area contributed by atoms with E-state index in [1.807, 2.05) is 47.2 Å². The summed E-state index contributed by atoms with van der Waals surface area (Å²) in [5, 5.41) is 13.3. The molecule has 1 aliphatic rings. The van der Waals surface area contributed by atoms with Gasteiger partial charge < -0.3 is 14.7 Å². The van der Waals surface area contributed by atoms with Crippen LogP contribution in [0.4, 0.5) is 4.79 Å². The van der Waals surface area contributed by atoms with Crippen LogP contribution in [0.3, 0.4) is 0 Å². The van der Waals surface area contributed by atoms with Gasteiger partial charge in [0.15, 0.2) is 0 Å². The number of benzene rings is 1. The number of nitrogens with zero attached hydrogens (tertiary/aromatic N) is 1. The normalized spacial score (nSPS) is 20.4. The van der Waals surface area contributed by atoms with Crippen LogP contribution in [-0.4, -0.2) is 35.2 Å². The molecule has 5 nitrogen and oxygen atoms in total. The number of likely N-dealkylation sites (tertiary alicyclic amines) is 1. The highest BCUT2D eigenvalue weighted by Gasteiger charge is 2.41. The van der Waals surface area contributed by atoms with E-state index in [1.54, 1.807) is 0 Å². The van der Waals surface area contributed by atoms with Crippen molar-refractivity contribution in [3.8, 4) is 0 Å². The molecule has 2 aromatic rings. The molecular weight excluding hydrogens is 314 g/mol. The molecule has 1 aromatic heterocycles. The molecule has 120 valence electrons. The lowest BCUT2D eigenvalue weighted by Gasteiger charge is -2.16. The SMILES string of the molecule is O=C(O)C1CN(C(=O)OCc2ccccc2)CC1c1ccsc1. The van der Waals surface area contributed by atoms with Crippen LogP contribution in [0, 0.1) is 5.92 Å². The molecule has 0 spiro atoms. The molecule has 2 heterocycles. The molecule has 1 amide bonds. The van der Waals surface area contributed by atoms with E-state index in [1.165, 1.54) is 16.2 Å². The lowest BCUT2D eigenvalue weighted by Crippen LogP contribution is -2.30. The molecule has 2 unspecified atom stereocenters. The molecule has 1 aliphatic heterocycles. The molecule has 6 heteroatoms. The molecule has 0 aliphatic carbocycles. The van der Waals surface area contributed by atoms with E-state index >= 15 is 0 Å². The van der Waals surface area contributed by atoms with E-state index in [0.29, 0.717) is 6.54 Å². The van der Waals surface area contributed by atoms with Crippen molar-refractivity contribution < 1.29 is 19.4 Å². The molecule has 0 saturated carbocycles. The number of hydrogen-bond acceptors (Lipinski definition) is 4. The topological polar surface area (TPSA) is 66.8 Å². The molecule has 1 aromatic carbocycles. The molecular formula is C17H17NO4S. The molecule has 0 radical (unpaired) electrons. The summed E-state index contributed by atoms with van der Waals surface area (Å²) in [6.07, 6.45) is -0.460. The summed E-state index contributed by atoms with van der Waals surface area (Å²) in [6, 6.07) is 11.3. The lowest BCUT2D eigenvalue weighted by atomic mass is 9.91. The summed E-state index contributed by atoms with van der Waals surface area (Å²) in [7, 11) is 0. The number of carboxylic acid groups (broad SMARTS) is 1. The zero-order chi connectivity index (χ0) is 16.2. The number of amides is 1. The predicted molar refractivity (Wildman–Crippen MR) is 86.4 cm³/mol. The van der Waals surface area contributed by atoms with Gasteiger partial charge in [-0.15, -0.1) is 0 Å². The van der Waals surface area contributed by atoms with Crippen LogP contribution < -0.4 is 0 Å². The first-order valence-corrected chi connectivity index (χ1v) is 8.30.